The van der Waals surface area contributed by atoms with E-state index >= 15 is 0 Å². The molecule has 116 valence electrons. The van der Waals surface area contributed by atoms with Crippen LogP contribution >= 0.6 is 11.8 Å². The molecule has 2 aliphatic rings. The molecule has 0 aromatic carbocycles. The largest absolute Gasteiger partial charge is 0.481 e. The van der Waals surface area contributed by atoms with Crippen molar-refractivity contribution in [3.8, 4) is 0 Å². The maximum absolute atomic E-state index is 11.5. The summed E-state index contributed by atoms with van der Waals surface area (Å²) in [5, 5.41) is 10.2. The van der Waals surface area contributed by atoms with Gasteiger partial charge in [-0.05, 0) is 43.9 Å². The molecule has 1 saturated carbocycles. The highest BCUT2D eigenvalue weighted by atomic mass is 32.2. The molecule has 0 aromatic heterocycles. The number of hydrogen-bond acceptors (Lipinski definition) is 3. The summed E-state index contributed by atoms with van der Waals surface area (Å²) in [7, 11) is 0. The van der Waals surface area contributed by atoms with E-state index in [1.54, 1.807) is 0 Å². The number of rotatable bonds is 3. The number of carboxylic acids is 1. The van der Waals surface area contributed by atoms with E-state index in [2.05, 4.69) is 27.7 Å². The number of aliphatic carboxylic acids is 1. The zero-order chi connectivity index (χ0) is 14.9. The zero-order valence-corrected chi connectivity index (χ0v) is 13.9. The van der Waals surface area contributed by atoms with E-state index in [1.165, 1.54) is 0 Å². The Kier molecular flexibility index (Phi) is 5.06. The molecular formula is C16H28O3S. The van der Waals surface area contributed by atoms with Crippen LogP contribution < -0.4 is 0 Å². The van der Waals surface area contributed by atoms with Gasteiger partial charge in [-0.2, -0.15) is 11.8 Å². The van der Waals surface area contributed by atoms with Gasteiger partial charge in [-0.3, -0.25) is 4.79 Å². The predicted octanol–water partition coefficient (Wildman–Crippen LogP) is 3.81. The average molecular weight is 300 g/mol. The summed E-state index contributed by atoms with van der Waals surface area (Å²) >= 11 is 1.89. The molecule has 0 radical (unpaired) electrons. The minimum atomic E-state index is -0.610. The van der Waals surface area contributed by atoms with Crippen molar-refractivity contribution in [3.63, 3.8) is 0 Å². The molecule has 2 fully saturated rings. The third-order valence-electron chi connectivity index (χ3n) is 4.99. The molecule has 1 aliphatic carbocycles. The van der Waals surface area contributed by atoms with Gasteiger partial charge in [0.1, 0.15) is 0 Å². The van der Waals surface area contributed by atoms with Crippen LogP contribution in [0.25, 0.3) is 0 Å². The molecule has 1 N–H and O–H groups in total. The highest BCUT2D eigenvalue weighted by Gasteiger charge is 2.41. The van der Waals surface area contributed by atoms with Crippen LogP contribution in [-0.2, 0) is 9.53 Å². The van der Waals surface area contributed by atoms with Crippen LogP contribution in [0.1, 0.15) is 53.4 Å². The van der Waals surface area contributed by atoms with Gasteiger partial charge in [0.2, 0.25) is 0 Å². The molecule has 0 bridgehead atoms. The fourth-order valence-electron chi connectivity index (χ4n) is 3.46. The summed E-state index contributed by atoms with van der Waals surface area (Å²) < 4.78 is 5.63. The number of thioether (sulfide) groups is 1. The monoisotopic (exact) mass is 300 g/mol. The maximum atomic E-state index is 11.5. The molecular weight excluding hydrogens is 272 g/mol. The highest BCUT2D eigenvalue weighted by molar-refractivity contribution is 8.00. The molecule has 3 nitrogen and oxygen atoms in total. The van der Waals surface area contributed by atoms with Gasteiger partial charge >= 0.3 is 5.97 Å². The molecule has 0 aromatic rings. The van der Waals surface area contributed by atoms with Crippen LogP contribution in [0.2, 0.25) is 0 Å². The van der Waals surface area contributed by atoms with Gasteiger partial charge in [0.05, 0.1) is 12.0 Å². The van der Waals surface area contributed by atoms with Crippen LogP contribution in [-0.4, -0.2) is 34.3 Å². The molecule has 2 rings (SSSR count). The third-order valence-corrected chi connectivity index (χ3v) is 6.83. The molecule has 0 spiro atoms. The second-order valence-electron chi connectivity index (χ2n) is 7.40. The minimum absolute atomic E-state index is 0.175. The smallest absolute Gasteiger partial charge is 0.307 e. The standard InChI is InChI=1S/C16H28O3S/c1-10-13(7-8-19-10)20-14-9-11(16(2,3)4)5-6-12(14)15(17)18/h10-14H,5-9H2,1-4H3,(H,17,18). The summed E-state index contributed by atoms with van der Waals surface area (Å²) in [4.78, 5) is 11.5. The van der Waals surface area contributed by atoms with E-state index < -0.39 is 5.97 Å². The van der Waals surface area contributed by atoms with Crippen molar-refractivity contribution in [1.82, 2.24) is 0 Å². The quantitative estimate of drug-likeness (QED) is 0.861. The Morgan fingerprint density at radius 1 is 1.20 bits per heavy atom. The SMILES string of the molecule is CC1OCCC1SC1CC(C(C)(C)C)CCC1C(=O)O. The number of hydrogen-bond donors (Lipinski definition) is 1. The first kappa shape index (κ1) is 16.2. The van der Waals surface area contributed by atoms with Gasteiger partial charge in [0.25, 0.3) is 0 Å². The summed E-state index contributed by atoms with van der Waals surface area (Å²) in [6.07, 6.45) is 4.25. The average Bonchev–Trinajstić information content (AvgIpc) is 2.73. The number of ether oxygens (including phenoxy) is 1. The predicted molar refractivity (Wildman–Crippen MR) is 83.1 cm³/mol. The fourth-order valence-corrected chi connectivity index (χ4v) is 5.23. The van der Waals surface area contributed by atoms with E-state index in [9.17, 15) is 9.90 Å². The van der Waals surface area contributed by atoms with Crippen molar-refractivity contribution < 1.29 is 14.6 Å². The van der Waals surface area contributed by atoms with Crippen LogP contribution in [0.15, 0.2) is 0 Å². The van der Waals surface area contributed by atoms with Crippen LogP contribution in [0.4, 0.5) is 0 Å². The lowest BCUT2D eigenvalue weighted by molar-refractivity contribution is -0.143. The summed E-state index contributed by atoms with van der Waals surface area (Å²) in [5.74, 6) is -0.152. The van der Waals surface area contributed by atoms with Crippen molar-refractivity contribution in [2.75, 3.05) is 6.61 Å². The fraction of sp³-hybridized carbons (Fsp3) is 0.938. The second kappa shape index (κ2) is 6.27. The molecule has 5 atom stereocenters. The molecule has 1 heterocycles. The molecule has 4 heteroatoms. The van der Waals surface area contributed by atoms with Crippen LogP contribution in [0, 0.1) is 17.3 Å². The van der Waals surface area contributed by atoms with Crippen LogP contribution in [0.3, 0.4) is 0 Å². The van der Waals surface area contributed by atoms with Crippen molar-refractivity contribution >= 4 is 17.7 Å². The first-order valence-electron chi connectivity index (χ1n) is 7.79. The van der Waals surface area contributed by atoms with Gasteiger partial charge in [-0.25, -0.2) is 0 Å². The van der Waals surface area contributed by atoms with E-state index in [-0.39, 0.29) is 22.7 Å². The van der Waals surface area contributed by atoms with Crippen LogP contribution in [0.5, 0.6) is 0 Å². The van der Waals surface area contributed by atoms with Gasteiger partial charge < -0.3 is 9.84 Å². The van der Waals surface area contributed by atoms with Gasteiger partial charge in [0.15, 0.2) is 0 Å². The summed E-state index contributed by atoms with van der Waals surface area (Å²) in [5.41, 5.74) is 0.278. The molecule has 0 amide bonds. The van der Waals surface area contributed by atoms with Gasteiger partial charge in [-0.15, -0.1) is 0 Å². The minimum Gasteiger partial charge on any atom is -0.481 e. The number of carbonyl (C=O) groups is 1. The zero-order valence-electron chi connectivity index (χ0n) is 13.1. The molecule has 1 aliphatic heterocycles. The Morgan fingerprint density at radius 3 is 2.40 bits per heavy atom. The topological polar surface area (TPSA) is 46.5 Å². The molecule has 5 unspecified atom stereocenters. The lowest BCUT2D eigenvalue weighted by Crippen LogP contribution is -2.38. The Balaban J connectivity index is 2.05. The number of carboxylic acid groups (broad SMARTS) is 1. The first-order valence-corrected chi connectivity index (χ1v) is 8.73. The van der Waals surface area contributed by atoms with Crippen molar-refractivity contribution in [3.05, 3.63) is 0 Å². The van der Waals surface area contributed by atoms with Crippen molar-refractivity contribution in [2.24, 2.45) is 17.3 Å². The first-order chi connectivity index (χ1) is 9.29. The summed E-state index contributed by atoms with van der Waals surface area (Å²) in [6, 6.07) is 0. The van der Waals surface area contributed by atoms with E-state index in [1.807, 2.05) is 11.8 Å². The summed E-state index contributed by atoms with van der Waals surface area (Å²) in [6.45, 7) is 9.78. The lowest BCUT2D eigenvalue weighted by atomic mass is 9.69. The Hall–Kier alpha value is -0.220. The lowest BCUT2D eigenvalue weighted by Gasteiger charge is -2.41. The van der Waals surface area contributed by atoms with E-state index in [0.29, 0.717) is 11.2 Å². The Labute approximate surface area is 126 Å². The maximum Gasteiger partial charge on any atom is 0.307 e. The van der Waals surface area contributed by atoms with E-state index in [4.69, 9.17) is 4.74 Å². The molecule has 1 saturated heterocycles. The Bertz CT molecular complexity index is 348. The third kappa shape index (κ3) is 3.70. The normalized spacial score (nSPS) is 38.9. The molecule has 20 heavy (non-hydrogen) atoms. The van der Waals surface area contributed by atoms with Gasteiger partial charge in [-0.1, -0.05) is 20.8 Å². The Morgan fingerprint density at radius 2 is 1.90 bits per heavy atom. The highest BCUT2D eigenvalue weighted by Crippen LogP contribution is 2.46. The van der Waals surface area contributed by atoms with Crippen molar-refractivity contribution in [1.29, 1.82) is 0 Å². The second-order valence-corrected chi connectivity index (χ2v) is 8.88. The van der Waals surface area contributed by atoms with Gasteiger partial charge in [0, 0.05) is 17.1 Å². The van der Waals surface area contributed by atoms with E-state index in [0.717, 1.165) is 32.3 Å². The van der Waals surface area contributed by atoms with Crippen molar-refractivity contribution in [2.45, 2.75) is 70.0 Å².